The van der Waals surface area contributed by atoms with Crippen LogP contribution in [0.15, 0.2) is 24.3 Å². The van der Waals surface area contributed by atoms with Crippen LogP contribution in [-0.2, 0) is 24.2 Å². The molecule has 0 bridgehead atoms. The summed E-state index contributed by atoms with van der Waals surface area (Å²) in [5, 5.41) is 21.1. The first-order valence-corrected chi connectivity index (χ1v) is 14.2. The van der Waals surface area contributed by atoms with Gasteiger partial charge in [-0.15, -0.1) is 6.58 Å². The number of rotatable bonds is 11. The van der Waals surface area contributed by atoms with E-state index in [0.29, 0.717) is 0 Å². The normalized spacial score (nSPS) is 23.1. The van der Waals surface area contributed by atoms with E-state index < -0.39 is 58.1 Å². The van der Waals surface area contributed by atoms with Gasteiger partial charge in [0.15, 0.2) is 0 Å². The van der Waals surface area contributed by atoms with Gasteiger partial charge in [-0.25, -0.2) is 18.0 Å². The number of nitrogens with one attached hydrogen (secondary N) is 4. The van der Waals surface area contributed by atoms with Crippen LogP contribution >= 0.6 is 0 Å². The molecule has 2 aliphatic carbocycles. The lowest BCUT2D eigenvalue weighted by atomic mass is 9.89. The molecule has 1 fully saturated rings. The summed E-state index contributed by atoms with van der Waals surface area (Å²) < 4.78 is 28.2. The number of primary amides is 1. The third-order valence-corrected chi connectivity index (χ3v) is 7.13. The van der Waals surface area contributed by atoms with Crippen LogP contribution in [0.3, 0.4) is 0 Å². The zero-order valence-corrected chi connectivity index (χ0v) is 21.7. The fraction of sp³-hybridized carbons (Fsp3) is 0.652. The topological polar surface area (TPSA) is 206 Å². The first-order chi connectivity index (χ1) is 17.4. The number of aliphatic hydroxyl groups excluding tert-OH is 1. The van der Waals surface area contributed by atoms with Gasteiger partial charge < -0.3 is 36.8 Å². The molecule has 0 aromatic carbocycles. The molecule has 5 amide bonds. The minimum atomic E-state index is -3.42. The lowest BCUT2D eigenvalue weighted by Gasteiger charge is -2.34. The highest BCUT2D eigenvalue weighted by molar-refractivity contribution is 7.90. The monoisotopic (exact) mass is 543 g/mol. The molecule has 14 heteroatoms. The summed E-state index contributed by atoms with van der Waals surface area (Å²) in [5.74, 6) is -2.07. The van der Waals surface area contributed by atoms with Gasteiger partial charge in [-0.3, -0.25) is 9.59 Å². The Morgan fingerprint density at radius 3 is 2.49 bits per heavy atom. The molecule has 0 aromatic rings. The average Bonchev–Trinajstić information content (AvgIpc) is 2.82. The van der Waals surface area contributed by atoms with Crippen molar-refractivity contribution in [3.63, 3.8) is 0 Å². The van der Waals surface area contributed by atoms with E-state index in [1.807, 2.05) is 0 Å². The quantitative estimate of drug-likeness (QED) is 0.184. The van der Waals surface area contributed by atoms with E-state index in [2.05, 4.69) is 27.8 Å². The summed E-state index contributed by atoms with van der Waals surface area (Å²) in [6.07, 6.45) is 4.60. The molecule has 4 atom stereocenters. The first-order valence-electron chi connectivity index (χ1n) is 12.2. The van der Waals surface area contributed by atoms with E-state index >= 15 is 0 Å². The third-order valence-electron chi connectivity index (χ3n) is 6.16. The standard InChI is InChI=1S/C23H37N5O8S/c1-3-10-25-23(33)36-18-13-14(21(31)27-16(20(24)30)9-11-37(2,34)35)12-17(19(18)29)28-22(32)26-15-7-5-4-6-8-15/h3,12,15-19,29H,1,4-11,13H2,2H3,(H2,24,30)(H,25,33)(H,27,31)(H2,26,28,32)/t16-,17+,18+,19+/m0/s1. The van der Waals surface area contributed by atoms with Crippen molar-refractivity contribution in [2.75, 3.05) is 18.6 Å². The van der Waals surface area contributed by atoms with Crippen LogP contribution < -0.4 is 27.0 Å². The van der Waals surface area contributed by atoms with Crippen molar-refractivity contribution < 1.29 is 37.4 Å². The number of urea groups is 1. The number of hydrogen-bond acceptors (Lipinski definition) is 8. The fourth-order valence-corrected chi connectivity index (χ4v) is 4.85. The lowest BCUT2D eigenvalue weighted by molar-refractivity contribution is -0.125. The van der Waals surface area contributed by atoms with Gasteiger partial charge in [0.1, 0.15) is 28.1 Å². The molecule has 37 heavy (non-hydrogen) atoms. The highest BCUT2D eigenvalue weighted by Gasteiger charge is 2.38. The van der Waals surface area contributed by atoms with Crippen LogP contribution in [0.2, 0.25) is 0 Å². The fourth-order valence-electron chi connectivity index (χ4n) is 4.19. The zero-order valence-electron chi connectivity index (χ0n) is 20.9. The minimum absolute atomic E-state index is 0.0101. The van der Waals surface area contributed by atoms with Crippen molar-refractivity contribution >= 4 is 33.8 Å². The molecule has 0 unspecified atom stereocenters. The van der Waals surface area contributed by atoms with E-state index in [0.717, 1.165) is 38.4 Å². The second kappa shape index (κ2) is 14.0. The van der Waals surface area contributed by atoms with Gasteiger partial charge in [0.05, 0.1) is 11.8 Å². The summed E-state index contributed by atoms with van der Waals surface area (Å²) in [4.78, 5) is 49.5. The summed E-state index contributed by atoms with van der Waals surface area (Å²) >= 11 is 0. The Bertz CT molecular complexity index is 993. The van der Waals surface area contributed by atoms with Gasteiger partial charge in [0.25, 0.3) is 0 Å². The van der Waals surface area contributed by atoms with E-state index in [1.165, 1.54) is 12.2 Å². The van der Waals surface area contributed by atoms with Crippen LogP contribution in [0.25, 0.3) is 0 Å². The van der Waals surface area contributed by atoms with Gasteiger partial charge in [0.2, 0.25) is 11.8 Å². The molecule has 0 aromatic heterocycles. The van der Waals surface area contributed by atoms with Crippen LogP contribution in [0.1, 0.15) is 44.9 Å². The molecule has 208 valence electrons. The average molecular weight is 544 g/mol. The number of aliphatic hydroxyl groups is 1. The zero-order chi connectivity index (χ0) is 27.6. The molecular weight excluding hydrogens is 506 g/mol. The second-order valence-electron chi connectivity index (χ2n) is 9.33. The van der Waals surface area contributed by atoms with Crippen molar-refractivity contribution in [1.29, 1.82) is 0 Å². The molecule has 0 spiro atoms. The molecule has 0 aliphatic heterocycles. The first kappa shape index (κ1) is 30.1. The largest absolute Gasteiger partial charge is 0.443 e. The highest BCUT2D eigenvalue weighted by Crippen LogP contribution is 2.23. The maximum Gasteiger partial charge on any atom is 0.407 e. The van der Waals surface area contributed by atoms with E-state index in [4.69, 9.17) is 10.5 Å². The Morgan fingerprint density at radius 2 is 1.89 bits per heavy atom. The van der Waals surface area contributed by atoms with Crippen molar-refractivity contribution in [2.45, 2.75) is 75.3 Å². The number of carbonyl (C=O) groups is 4. The predicted molar refractivity (Wildman–Crippen MR) is 135 cm³/mol. The number of hydrogen-bond donors (Lipinski definition) is 6. The molecule has 2 aliphatic rings. The lowest BCUT2D eigenvalue weighted by Crippen LogP contribution is -2.56. The number of amides is 5. The maximum absolute atomic E-state index is 13.0. The molecule has 0 saturated heterocycles. The van der Waals surface area contributed by atoms with E-state index in [1.54, 1.807) is 0 Å². The molecule has 0 heterocycles. The van der Waals surface area contributed by atoms with Crippen LogP contribution in [-0.4, -0.2) is 86.3 Å². The second-order valence-corrected chi connectivity index (χ2v) is 11.6. The number of nitrogens with two attached hydrogens (primary N) is 1. The molecular formula is C23H37N5O8S. The number of ether oxygens (including phenoxy) is 1. The Labute approximate surface area is 216 Å². The Hall–Kier alpha value is -3.13. The number of sulfone groups is 1. The molecule has 1 saturated carbocycles. The third kappa shape index (κ3) is 10.4. The number of carbonyl (C=O) groups excluding carboxylic acids is 4. The van der Waals surface area contributed by atoms with Gasteiger partial charge in [-0.2, -0.15) is 0 Å². The smallest absolute Gasteiger partial charge is 0.407 e. The molecule has 0 radical (unpaired) electrons. The van der Waals surface area contributed by atoms with E-state index in [-0.39, 0.29) is 36.8 Å². The number of alkyl carbamates (subject to hydrolysis) is 1. The van der Waals surface area contributed by atoms with Crippen molar-refractivity contribution in [1.82, 2.24) is 21.3 Å². The van der Waals surface area contributed by atoms with Crippen molar-refractivity contribution in [3.8, 4) is 0 Å². The van der Waals surface area contributed by atoms with Crippen molar-refractivity contribution in [2.24, 2.45) is 5.73 Å². The van der Waals surface area contributed by atoms with Gasteiger partial charge in [0, 0.05) is 30.8 Å². The van der Waals surface area contributed by atoms with Crippen LogP contribution in [0.5, 0.6) is 0 Å². The summed E-state index contributed by atoms with van der Waals surface area (Å²) in [6, 6.07) is -2.93. The SMILES string of the molecule is C=CCNC(=O)O[C@@H]1CC(C(=O)N[C@@H](CCS(C)(=O)=O)C(N)=O)=C[C@@H](NC(=O)NC2CCCCC2)[C@H]1O. The Kier molecular flexibility index (Phi) is 11.4. The van der Waals surface area contributed by atoms with Crippen LogP contribution in [0.4, 0.5) is 9.59 Å². The Balaban J connectivity index is 2.18. The van der Waals surface area contributed by atoms with Crippen molar-refractivity contribution in [3.05, 3.63) is 24.3 Å². The molecule has 2 rings (SSSR count). The van der Waals surface area contributed by atoms with Gasteiger partial charge in [-0.1, -0.05) is 31.4 Å². The minimum Gasteiger partial charge on any atom is -0.443 e. The van der Waals surface area contributed by atoms with Crippen LogP contribution in [0, 0.1) is 0 Å². The van der Waals surface area contributed by atoms with Gasteiger partial charge in [-0.05, 0) is 19.3 Å². The maximum atomic E-state index is 13.0. The summed E-state index contributed by atoms with van der Waals surface area (Å²) in [6.45, 7) is 3.59. The molecule has 7 N–H and O–H groups in total. The van der Waals surface area contributed by atoms with Gasteiger partial charge >= 0.3 is 12.1 Å². The van der Waals surface area contributed by atoms with E-state index in [9.17, 15) is 32.7 Å². The highest BCUT2D eigenvalue weighted by atomic mass is 32.2. The Morgan fingerprint density at radius 1 is 1.22 bits per heavy atom. The predicted octanol–water partition coefficient (Wildman–Crippen LogP) is -0.636. The molecule has 13 nitrogen and oxygen atoms in total. The summed E-state index contributed by atoms with van der Waals surface area (Å²) in [7, 11) is -3.42. The summed E-state index contributed by atoms with van der Waals surface area (Å²) in [5.41, 5.74) is 5.34.